The Morgan fingerprint density at radius 2 is 1.73 bits per heavy atom. The minimum absolute atomic E-state index is 0.110. The number of esters is 2. The van der Waals surface area contributed by atoms with E-state index in [1.807, 2.05) is 30.3 Å². The Balaban J connectivity index is 2.19. The van der Waals surface area contributed by atoms with Gasteiger partial charge in [-0.1, -0.05) is 30.3 Å². The average Bonchev–Trinajstić information content (AvgIpc) is 2.54. The maximum absolute atomic E-state index is 12.0. The van der Waals surface area contributed by atoms with Crippen molar-refractivity contribution in [1.29, 1.82) is 0 Å². The Morgan fingerprint density at radius 3 is 2.36 bits per heavy atom. The van der Waals surface area contributed by atoms with Crippen LogP contribution >= 0.6 is 0 Å². The molecule has 2 aromatic carbocycles. The lowest BCUT2D eigenvalue weighted by Gasteiger charge is -2.10. The summed E-state index contributed by atoms with van der Waals surface area (Å²) in [6, 6.07) is 13.8. The molecule has 0 heterocycles. The molecular weight excluding hydrogens is 284 g/mol. The zero-order valence-electron chi connectivity index (χ0n) is 12.4. The molecule has 0 saturated carbocycles. The molecule has 0 N–H and O–H groups in total. The average molecular weight is 300 g/mol. The zero-order chi connectivity index (χ0) is 15.9. The van der Waals surface area contributed by atoms with E-state index in [1.54, 1.807) is 6.07 Å². The molecule has 0 aliphatic heterocycles. The van der Waals surface area contributed by atoms with Gasteiger partial charge < -0.3 is 14.2 Å². The summed E-state index contributed by atoms with van der Waals surface area (Å²) in [5.74, 6) is -0.447. The van der Waals surface area contributed by atoms with Gasteiger partial charge in [-0.3, -0.25) is 4.79 Å². The summed E-state index contributed by atoms with van der Waals surface area (Å²) in [4.78, 5) is 23.7. The highest BCUT2D eigenvalue weighted by atomic mass is 16.5. The maximum Gasteiger partial charge on any atom is 0.341 e. The molecule has 114 valence electrons. The van der Waals surface area contributed by atoms with Gasteiger partial charge in [0.15, 0.2) is 0 Å². The Hall–Kier alpha value is -2.82. The van der Waals surface area contributed by atoms with Gasteiger partial charge in [0.2, 0.25) is 0 Å². The standard InChI is InChI=1S/C17H16O5/c1-20-13-8-9-14(17(19)21-2)15(11-13)22-16(18)10-12-6-4-3-5-7-12/h3-9,11H,10H2,1-2H3. The van der Waals surface area contributed by atoms with Gasteiger partial charge >= 0.3 is 11.9 Å². The molecule has 0 aromatic heterocycles. The summed E-state index contributed by atoms with van der Waals surface area (Å²) in [7, 11) is 2.75. The van der Waals surface area contributed by atoms with Crippen LogP contribution in [-0.2, 0) is 16.0 Å². The monoisotopic (exact) mass is 300 g/mol. The molecule has 2 rings (SSSR count). The van der Waals surface area contributed by atoms with Gasteiger partial charge in [-0.05, 0) is 17.7 Å². The highest BCUT2D eigenvalue weighted by Crippen LogP contribution is 2.26. The van der Waals surface area contributed by atoms with Crippen molar-refractivity contribution in [3.05, 3.63) is 59.7 Å². The Labute approximate surface area is 128 Å². The van der Waals surface area contributed by atoms with E-state index in [9.17, 15) is 9.59 Å². The van der Waals surface area contributed by atoms with Gasteiger partial charge in [0.1, 0.15) is 17.1 Å². The van der Waals surface area contributed by atoms with E-state index < -0.39 is 11.9 Å². The van der Waals surface area contributed by atoms with E-state index in [2.05, 4.69) is 4.74 Å². The van der Waals surface area contributed by atoms with E-state index in [1.165, 1.54) is 26.4 Å². The normalized spacial score (nSPS) is 9.91. The number of hydrogen-bond donors (Lipinski definition) is 0. The molecule has 0 saturated heterocycles. The van der Waals surface area contributed by atoms with Gasteiger partial charge in [-0.15, -0.1) is 0 Å². The molecular formula is C17H16O5. The van der Waals surface area contributed by atoms with Gasteiger partial charge in [0, 0.05) is 6.07 Å². The lowest BCUT2D eigenvalue weighted by molar-refractivity contribution is -0.133. The molecule has 0 aliphatic rings. The van der Waals surface area contributed by atoms with Crippen LogP contribution in [0, 0.1) is 0 Å². The summed E-state index contributed by atoms with van der Waals surface area (Å²) in [6.07, 6.45) is 0.110. The Morgan fingerprint density at radius 1 is 1.00 bits per heavy atom. The number of hydrogen-bond acceptors (Lipinski definition) is 5. The third kappa shape index (κ3) is 3.85. The van der Waals surface area contributed by atoms with Crippen LogP contribution < -0.4 is 9.47 Å². The van der Waals surface area contributed by atoms with Crippen molar-refractivity contribution in [2.24, 2.45) is 0 Å². The largest absolute Gasteiger partial charge is 0.497 e. The Bertz CT molecular complexity index is 664. The molecule has 0 atom stereocenters. The van der Waals surface area contributed by atoms with Crippen LogP contribution in [0.1, 0.15) is 15.9 Å². The lowest BCUT2D eigenvalue weighted by atomic mass is 10.1. The first-order chi connectivity index (χ1) is 10.6. The molecule has 5 nitrogen and oxygen atoms in total. The minimum Gasteiger partial charge on any atom is -0.497 e. The first-order valence-corrected chi connectivity index (χ1v) is 6.65. The second-order valence-corrected chi connectivity index (χ2v) is 4.49. The molecule has 0 bridgehead atoms. The third-order valence-corrected chi connectivity index (χ3v) is 3.01. The van der Waals surface area contributed by atoms with E-state index in [-0.39, 0.29) is 17.7 Å². The zero-order valence-corrected chi connectivity index (χ0v) is 12.4. The Kier molecular flexibility index (Phi) is 5.14. The van der Waals surface area contributed by atoms with Crippen LogP contribution in [0.3, 0.4) is 0 Å². The van der Waals surface area contributed by atoms with Gasteiger partial charge in [0.25, 0.3) is 0 Å². The molecule has 5 heteroatoms. The van der Waals surface area contributed by atoms with Crippen LogP contribution in [0.4, 0.5) is 0 Å². The lowest BCUT2D eigenvalue weighted by Crippen LogP contribution is -2.14. The highest BCUT2D eigenvalue weighted by molar-refractivity contribution is 5.93. The maximum atomic E-state index is 12.0. The smallest absolute Gasteiger partial charge is 0.341 e. The van der Waals surface area contributed by atoms with E-state index in [0.717, 1.165) is 5.56 Å². The quantitative estimate of drug-likeness (QED) is 0.627. The summed E-state index contributed by atoms with van der Waals surface area (Å²) in [5.41, 5.74) is 1.000. The SMILES string of the molecule is COC(=O)c1ccc(OC)cc1OC(=O)Cc1ccccc1. The number of carbonyl (C=O) groups is 2. The van der Waals surface area contributed by atoms with Crippen LogP contribution in [0.15, 0.2) is 48.5 Å². The molecule has 2 aromatic rings. The number of ether oxygens (including phenoxy) is 3. The second kappa shape index (κ2) is 7.26. The van der Waals surface area contributed by atoms with Crippen molar-refractivity contribution in [1.82, 2.24) is 0 Å². The first-order valence-electron chi connectivity index (χ1n) is 6.65. The van der Waals surface area contributed by atoms with Crippen LogP contribution in [0.2, 0.25) is 0 Å². The topological polar surface area (TPSA) is 61.8 Å². The van der Waals surface area contributed by atoms with Gasteiger partial charge in [0.05, 0.1) is 20.6 Å². The fraction of sp³-hybridized carbons (Fsp3) is 0.176. The predicted octanol–water partition coefficient (Wildman–Crippen LogP) is 2.63. The van der Waals surface area contributed by atoms with Crippen molar-refractivity contribution in [3.63, 3.8) is 0 Å². The van der Waals surface area contributed by atoms with Crippen LogP contribution in [0.25, 0.3) is 0 Å². The van der Waals surface area contributed by atoms with E-state index in [0.29, 0.717) is 5.75 Å². The summed E-state index contributed by atoms with van der Waals surface area (Å²) < 4.78 is 15.1. The second-order valence-electron chi connectivity index (χ2n) is 4.49. The summed E-state index contributed by atoms with van der Waals surface area (Å²) in [6.45, 7) is 0. The minimum atomic E-state index is -0.579. The molecule has 0 fully saturated rings. The molecule has 0 aliphatic carbocycles. The molecule has 0 radical (unpaired) electrons. The van der Waals surface area contributed by atoms with E-state index >= 15 is 0 Å². The number of carbonyl (C=O) groups excluding carboxylic acids is 2. The number of rotatable bonds is 5. The third-order valence-electron chi connectivity index (χ3n) is 3.01. The number of methoxy groups -OCH3 is 2. The fourth-order valence-corrected chi connectivity index (χ4v) is 1.91. The first kappa shape index (κ1) is 15.6. The molecule has 0 spiro atoms. The van der Waals surface area contributed by atoms with Gasteiger partial charge in [-0.2, -0.15) is 0 Å². The summed E-state index contributed by atoms with van der Waals surface area (Å²) >= 11 is 0. The predicted molar refractivity (Wildman–Crippen MR) is 80.1 cm³/mol. The van der Waals surface area contributed by atoms with Crippen LogP contribution in [0.5, 0.6) is 11.5 Å². The molecule has 0 amide bonds. The molecule has 0 unspecified atom stereocenters. The van der Waals surface area contributed by atoms with Crippen molar-refractivity contribution in [2.75, 3.05) is 14.2 Å². The summed E-state index contributed by atoms with van der Waals surface area (Å²) in [5, 5.41) is 0. The van der Waals surface area contributed by atoms with Crippen molar-refractivity contribution < 1.29 is 23.8 Å². The van der Waals surface area contributed by atoms with Crippen molar-refractivity contribution in [2.45, 2.75) is 6.42 Å². The molecule has 22 heavy (non-hydrogen) atoms. The van der Waals surface area contributed by atoms with Gasteiger partial charge in [-0.25, -0.2) is 4.79 Å². The van der Waals surface area contributed by atoms with Crippen molar-refractivity contribution >= 4 is 11.9 Å². The van der Waals surface area contributed by atoms with Crippen molar-refractivity contribution in [3.8, 4) is 11.5 Å². The van der Waals surface area contributed by atoms with Crippen LogP contribution in [-0.4, -0.2) is 26.2 Å². The fourth-order valence-electron chi connectivity index (χ4n) is 1.91. The highest BCUT2D eigenvalue weighted by Gasteiger charge is 2.17. The van der Waals surface area contributed by atoms with E-state index in [4.69, 9.17) is 9.47 Å². The number of benzene rings is 2.